The second-order valence-corrected chi connectivity index (χ2v) is 10.2. The molecule has 2 N–H and O–H groups in total. The van der Waals surface area contributed by atoms with Gasteiger partial charge in [-0.3, -0.25) is 9.59 Å². The molecule has 2 aliphatic rings. The van der Waals surface area contributed by atoms with Crippen molar-refractivity contribution in [2.24, 2.45) is 5.41 Å². The quantitative estimate of drug-likeness (QED) is 0.536. The predicted molar refractivity (Wildman–Crippen MR) is 130 cm³/mol. The predicted octanol–water partition coefficient (Wildman–Crippen LogP) is 6.54. The van der Waals surface area contributed by atoms with Crippen LogP contribution in [-0.4, -0.2) is 11.7 Å². The minimum atomic E-state index is -0.520. The van der Waals surface area contributed by atoms with Gasteiger partial charge in [-0.1, -0.05) is 61.3 Å². The van der Waals surface area contributed by atoms with Crippen LogP contribution in [0.25, 0.3) is 0 Å². The number of anilines is 1. The zero-order valence-corrected chi connectivity index (χ0v) is 20.1. The molecule has 1 aliphatic carbocycles. The van der Waals surface area contributed by atoms with Gasteiger partial charge in [0.15, 0.2) is 5.78 Å². The highest BCUT2D eigenvalue weighted by Gasteiger charge is 2.42. The van der Waals surface area contributed by atoms with E-state index in [-0.39, 0.29) is 17.1 Å². The number of Topliss-reactive ketones (excluding diaryl/α,β-unsaturated/α-hetero) is 1. The van der Waals surface area contributed by atoms with E-state index in [4.69, 9.17) is 23.2 Å². The summed E-state index contributed by atoms with van der Waals surface area (Å²) in [5.74, 6) is -0.716. The van der Waals surface area contributed by atoms with Crippen LogP contribution in [0.4, 0.5) is 5.69 Å². The number of aryl methyl sites for hydroxylation is 1. The number of amides is 1. The number of carbonyl (C=O) groups excluding carboxylic acids is 2. The van der Waals surface area contributed by atoms with E-state index in [9.17, 15) is 9.59 Å². The standard InChI is InChI=1S/C26H26Cl2N2O2/c1-14-7-5-6-8-19(14)30-25(32)22-15(2)29-20-12-26(3,4)13-21(31)24(20)23(22)16-9-10-17(27)18(28)11-16/h5-11,23,29H,12-13H2,1-4H3,(H,30,32)/t23-/m1/s1. The normalized spacial score (nSPS) is 20.1. The van der Waals surface area contributed by atoms with Gasteiger partial charge < -0.3 is 10.6 Å². The first kappa shape index (κ1) is 22.6. The van der Waals surface area contributed by atoms with Crippen molar-refractivity contribution in [2.75, 3.05) is 5.32 Å². The van der Waals surface area contributed by atoms with Crippen molar-refractivity contribution in [3.8, 4) is 0 Å². The minimum Gasteiger partial charge on any atom is -0.362 e. The molecule has 2 aromatic carbocycles. The molecule has 32 heavy (non-hydrogen) atoms. The fourth-order valence-electron chi connectivity index (χ4n) is 4.67. The van der Waals surface area contributed by atoms with E-state index in [0.29, 0.717) is 27.6 Å². The number of rotatable bonds is 3. The zero-order valence-electron chi connectivity index (χ0n) is 18.6. The Morgan fingerprint density at radius 3 is 2.47 bits per heavy atom. The van der Waals surface area contributed by atoms with Gasteiger partial charge in [-0.15, -0.1) is 0 Å². The molecule has 2 aromatic rings. The zero-order chi connectivity index (χ0) is 23.2. The Kier molecular flexibility index (Phi) is 5.95. The topological polar surface area (TPSA) is 58.2 Å². The molecule has 0 bridgehead atoms. The molecule has 0 saturated carbocycles. The Balaban J connectivity index is 1.84. The monoisotopic (exact) mass is 468 g/mol. The van der Waals surface area contributed by atoms with Gasteiger partial charge in [0.1, 0.15) is 0 Å². The van der Waals surface area contributed by atoms with Gasteiger partial charge in [0.2, 0.25) is 0 Å². The molecule has 1 atom stereocenters. The van der Waals surface area contributed by atoms with Crippen molar-refractivity contribution in [3.05, 3.63) is 86.2 Å². The van der Waals surface area contributed by atoms with Crippen LogP contribution in [0.5, 0.6) is 0 Å². The highest BCUT2D eigenvalue weighted by Crippen LogP contribution is 2.47. The van der Waals surface area contributed by atoms with Crippen LogP contribution in [0.3, 0.4) is 0 Å². The Labute approximate surface area is 198 Å². The second-order valence-electron chi connectivity index (χ2n) is 9.37. The lowest BCUT2D eigenvalue weighted by Crippen LogP contribution is -2.39. The number of dihydropyridines is 1. The number of hydrogen-bond donors (Lipinski definition) is 2. The summed E-state index contributed by atoms with van der Waals surface area (Å²) in [6.45, 7) is 8.00. The van der Waals surface area contributed by atoms with E-state index in [1.807, 2.05) is 44.2 Å². The van der Waals surface area contributed by atoms with Gasteiger partial charge in [-0.2, -0.15) is 0 Å². The molecule has 166 valence electrons. The molecule has 1 aliphatic heterocycles. The molecule has 0 fully saturated rings. The summed E-state index contributed by atoms with van der Waals surface area (Å²) in [6, 6.07) is 12.9. The van der Waals surface area contributed by atoms with Crippen LogP contribution in [-0.2, 0) is 9.59 Å². The Bertz CT molecular complexity index is 1190. The molecule has 0 aromatic heterocycles. The maximum atomic E-state index is 13.6. The number of para-hydroxylation sites is 1. The van der Waals surface area contributed by atoms with E-state index in [0.717, 1.165) is 34.6 Å². The third-order valence-electron chi connectivity index (χ3n) is 6.15. The van der Waals surface area contributed by atoms with Crippen LogP contribution in [0.15, 0.2) is 65.0 Å². The maximum Gasteiger partial charge on any atom is 0.254 e. The summed E-state index contributed by atoms with van der Waals surface area (Å²) < 4.78 is 0. The fourth-order valence-corrected chi connectivity index (χ4v) is 4.97. The van der Waals surface area contributed by atoms with Crippen LogP contribution in [0, 0.1) is 12.3 Å². The summed E-state index contributed by atoms with van der Waals surface area (Å²) in [5, 5.41) is 7.24. The molecule has 4 rings (SSSR count). The van der Waals surface area contributed by atoms with Crippen LogP contribution in [0.1, 0.15) is 50.7 Å². The minimum absolute atomic E-state index is 0.0496. The van der Waals surface area contributed by atoms with E-state index < -0.39 is 5.92 Å². The third-order valence-corrected chi connectivity index (χ3v) is 6.89. The van der Waals surface area contributed by atoms with Gasteiger partial charge in [0.25, 0.3) is 5.91 Å². The molecule has 0 radical (unpaired) electrons. The SMILES string of the molecule is CC1=C(C(=O)Nc2ccccc2C)[C@@H](c2ccc(Cl)c(Cl)c2)C2=C(CC(C)(C)CC2=O)N1. The second kappa shape index (κ2) is 8.42. The molecule has 4 nitrogen and oxygen atoms in total. The summed E-state index contributed by atoms with van der Waals surface area (Å²) in [7, 11) is 0. The largest absolute Gasteiger partial charge is 0.362 e. The number of benzene rings is 2. The van der Waals surface area contributed by atoms with Crippen molar-refractivity contribution < 1.29 is 9.59 Å². The molecule has 0 saturated heterocycles. The third kappa shape index (κ3) is 4.22. The molecular weight excluding hydrogens is 443 g/mol. The Morgan fingerprint density at radius 1 is 1.06 bits per heavy atom. The van der Waals surface area contributed by atoms with E-state index in [1.165, 1.54) is 0 Å². The smallest absolute Gasteiger partial charge is 0.254 e. The van der Waals surface area contributed by atoms with Crippen molar-refractivity contribution >= 4 is 40.6 Å². The fraction of sp³-hybridized carbons (Fsp3) is 0.308. The van der Waals surface area contributed by atoms with Gasteiger partial charge in [-0.05, 0) is 55.0 Å². The number of hydrogen-bond acceptors (Lipinski definition) is 3. The van der Waals surface area contributed by atoms with Crippen molar-refractivity contribution in [3.63, 3.8) is 0 Å². The Hall–Kier alpha value is -2.56. The molecule has 0 spiro atoms. The van der Waals surface area contributed by atoms with Crippen molar-refractivity contribution in [2.45, 2.75) is 46.5 Å². The van der Waals surface area contributed by atoms with Gasteiger partial charge in [0, 0.05) is 40.6 Å². The van der Waals surface area contributed by atoms with Crippen LogP contribution >= 0.6 is 23.2 Å². The molecule has 1 heterocycles. The first-order valence-electron chi connectivity index (χ1n) is 10.6. The first-order valence-corrected chi connectivity index (χ1v) is 11.4. The van der Waals surface area contributed by atoms with Crippen LogP contribution in [0.2, 0.25) is 10.0 Å². The highest BCUT2D eigenvalue weighted by atomic mass is 35.5. The number of allylic oxidation sites excluding steroid dienone is 3. The average molecular weight is 469 g/mol. The first-order chi connectivity index (χ1) is 15.1. The van der Waals surface area contributed by atoms with Gasteiger partial charge in [0.05, 0.1) is 10.0 Å². The van der Waals surface area contributed by atoms with Crippen molar-refractivity contribution in [1.29, 1.82) is 0 Å². The molecule has 1 amide bonds. The highest BCUT2D eigenvalue weighted by molar-refractivity contribution is 6.42. The van der Waals surface area contributed by atoms with Crippen LogP contribution < -0.4 is 10.6 Å². The lowest BCUT2D eigenvalue weighted by molar-refractivity contribution is -0.118. The number of ketones is 1. The summed E-state index contributed by atoms with van der Waals surface area (Å²) in [6.07, 6.45) is 1.16. The molecule has 0 unspecified atom stereocenters. The molecule has 6 heteroatoms. The lowest BCUT2D eigenvalue weighted by Gasteiger charge is -2.39. The van der Waals surface area contributed by atoms with E-state index >= 15 is 0 Å². The number of carbonyl (C=O) groups is 2. The number of nitrogens with one attached hydrogen (secondary N) is 2. The molecular formula is C26H26Cl2N2O2. The summed E-state index contributed by atoms with van der Waals surface area (Å²) in [4.78, 5) is 26.9. The maximum absolute atomic E-state index is 13.6. The number of halogens is 2. The summed E-state index contributed by atoms with van der Waals surface area (Å²) in [5.41, 5.74) is 5.10. The van der Waals surface area contributed by atoms with E-state index in [1.54, 1.807) is 12.1 Å². The Morgan fingerprint density at radius 2 is 1.78 bits per heavy atom. The lowest BCUT2D eigenvalue weighted by atomic mass is 9.68. The van der Waals surface area contributed by atoms with E-state index in [2.05, 4.69) is 24.5 Å². The summed E-state index contributed by atoms with van der Waals surface area (Å²) >= 11 is 12.5. The van der Waals surface area contributed by atoms with Gasteiger partial charge >= 0.3 is 0 Å². The van der Waals surface area contributed by atoms with Crippen molar-refractivity contribution in [1.82, 2.24) is 5.32 Å². The average Bonchev–Trinajstić information content (AvgIpc) is 2.69. The van der Waals surface area contributed by atoms with Gasteiger partial charge in [-0.25, -0.2) is 0 Å².